The lowest BCUT2D eigenvalue weighted by molar-refractivity contribution is 0.0186. The first kappa shape index (κ1) is 21.6. The summed E-state index contributed by atoms with van der Waals surface area (Å²) in [5.41, 5.74) is 6.16. The van der Waals surface area contributed by atoms with Gasteiger partial charge in [0.15, 0.2) is 0 Å². The molecule has 1 aliphatic rings. The Morgan fingerprint density at radius 3 is 2.59 bits per heavy atom. The summed E-state index contributed by atoms with van der Waals surface area (Å²) in [6, 6.07) is 4.81. The van der Waals surface area contributed by atoms with Gasteiger partial charge < -0.3 is 15.4 Å². The Morgan fingerprint density at radius 1 is 1.34 bits per heavy atom. The molecule has 8 heteroatoms. The van der Waals surface area contributed by atoms with Gasteiger partial charge in [-0.3, -0.25) is 9.36 Å². The highest BCUT2D eigenvalue weighted by Gasteiger charge is 2.30. The lowest BCUT2D eigenvalue weighted by Gasteiger charge is -2.35. The van der Waals surface area contributed by atoms with Crippen molar-refractivity contribution >= 4 is 28.6 Å². The number of likely N-dealkylation sites (tertiary alicyclic amines) is 1. The van der Waals surface area contributed by atoms with E-state index >= 15 is 0 Å². The van der Waals surface area contributed by atoms with E-state index in [4.69, 9.17) is 27.1 Å². The molecule has 7 nitrogen and oxygen atoms in total. The van der Waals surface area contributed by atoms with Crippen LogP contribution in [-0.2, 0) is 4.74 Å². The number of nitrogens with two attached hydrogens (primary N) is 1. The highest BCUT2D eigenvalue weighted by molar-refractivity contribution is 6.35. The van der Waals surface area contributed by atoms with Crippen molar-refractivity contribution in [2.75, 3.05) is 13.1 Å². The quantitative estimate of drug-likeness (QED) is 0.809. The first-order valence-corrected chi connectivity index (χ1v) is 10.4. The van der Waals surface area contributed by atoms with Crippen LogP contribution in [0.25, 0.3) is 10.9 Å². The van der Waals surface area contributed by atoms with Crippen molar-refractivity contribution in [3.63, 3.8) is 0 Å². The van der Waals surface area contributed by atoms with E-state index in [0.29, 0.717) is 54.1 Å². The molecule has 1 atom stereocenters. The van der Waals surface area contributed by atoms with Crippen molar-refractivity contribution in [3.05, 3.63) is 39.4 Å². The van der Waals surface area contributed by atoms with E-state index in [9.17, 15) is 9.59 Å². The Bertz CT molecular complexity index is 959. The second-order valence-corrected chi connectivity index (χ2v) is 8.90. The number of fused-ring (bicyclic) bond motifs is 1. The SMILES string of the molecule is CC[C@H](N)c1nc2cccc(Cl)c2c(=O)n1C1CCN(C(=O)OC(C)(C)C)CC1. The fourth-order valence-electron chi connectivity index (χ4n) is 3.65. The van der Waals surface area contributed by atoms with Gasteiger partial charge in [0.2, 0.25) is 0 Å². The third kappa shape index (κ3) is 4.56. The summed E-state index contributed by atoms with van der Waals surface area (Å²) in [6.07, 6.45) is 1.59. The number of aromatic nitrogens is 2. The van der Waals surface area contributed by atoms with Gasteiger partial charge in [-0.05, 0) is 52.2 Å². The van der Waals surface area contributed by atoms with Crippen LogP contribution in [0.3, 0.4) is 0 Å². The molecule has 2 N–H and O–H groups in total. The van der Waals surface area contributed by atoms with Crippen LogP contribution in [0.2, 0.25) is 5.02 Å². The second-order valence-electron chi connectivity index (χ2n) is 8.49. The number of rotatable bonds is 3. The highest BCUT2D eigenvalue weighted by atomic mass is 35.5. The molecule has 1 saturated heterocycles. The highest BCUT2D eigenvalue weighted by Crippen LogP contribution is 2.28. The predicted octanol–water partition coefficient (Wildman–Crippen LogP) is 4.03. The largest absolute Gasteiger partial charge is 0.444 e. The van der Waals surface area contributed by atoms with Crippen LogP contribution in [-0.4, -0.2) is 39.2 Å². The molecule has 0 radical (unpaired) electrons. The predicted molar refractivity (Wildman–Crippen MR) is 114 cm³/mol. The van der Waals surface area contributed by atoms with E-state index in [1.165, 1.54) is 0 Å². The number of halogens is 1. The first-order valence-electron chi connectivity index (χ1n) is 10.1. The molecule has 1 aromatic carbocycles. The average molecular weight is 421 g/mol. The van der Waals surface area contributed by atoms with Crippen LogP contribution in [0.1, 0.15) is 64.9 Å². The number of benzene rings is 1. The monoisotopic (exact) mass is 420 g/mol. The van der Waals surface area contributed by atoms with Gasteiger partial charge in [-0.15, -0.1) is 0 Å². The molecule has 1 aromatic heterocycles. The summed E-state index contributed by atoms with van der Waals surface area (Å²) in [7, 11) is 0. The Hall–Kier alpha value is -2.12. The Morgan fingerprint density at radius 2 is 2.00 bits per heavy atom. The van der Waals surface area contributed by atoms with Gasteiger partial charge in [0.05, 0.1) is 22.0 Å². The first-order chi connectivity index (χ1) is 13.6. The van der Waals surface area contributed by atoms with Crippen molar-refractivity contribution in [3.8, 4) is 0 Å². The van der Waals surface area contributed by atoms with Crippen molar-refractivity contribution in [1.82, 2.24) is 14.5 Å². The molecule has 2 heterocycles. The molecule has 1 aliphatic heterocycles. The minimum Gasteiger partial charge on any atom is -0.444 e. The molecule has 1 fully saturated rings. The molecule has 0 aliphatic carbocycles. The molecule has 1 amide bonds. The minimum absolute atomic E-state index is 0.0954. The average Bonchev–Trinajstić information content (AvgIpc) is 2.66. The van der Waals surface area contributed by atoms with Crippen molar-refractivity contribution in [2.45, 2.75) is 64.6 Å². The van der Waals surface area contributed by atoms with E-state index < -0.39 is 5.60 Å². The van der Waals surface area contributed by atoms with Crippen molar-refractivity contribution < 1.29 is 9.53 Å². The maximum Gasteiger partial charge on any atom is 0.410 e. The molecule has 2 aromatic rings. The number of amides is 1. The van der Waals surface area contributed by atoms with Gasteiger partial charge >= 0.3 is 6.09 Å². The minimum atomic E-state index is -0.537. The van der Waals surface area contributed by atoms with Crippen molar-refractivity contribution in [1.29, 1.82) is 0 Å². The molecule has 29 heavy (non-hydrogen) atoms. The van der Waals surface area contributed by atoms with E-state index in [-0.39, 0.29) is 23.7 Å². The zero-order valence-electron chi connectivity index (χ0n) is 17.4. The Balaban J connectivity index is 1.94. The topological polar surface area (TPSA) is 90.5 Å². The normalized spacial score (nSPS) is 16.8. The zero-order chi connectivity index (χ0) is 21.3. The van der Waals surface area contributed by atoms with Crippen LogP contribution in [0.15, 0.2) is 23.0 Å². The molecule has 0 bridgehead atoms. The summed E-state index contributed by atoms with van der Waals surface area (Å²) >= 11 is 6.31. The summed E-state index contributed by atoms with van der Waals surface area (Å²) in [5, 5.41) is 0.798. The zero-order valence-corrected chi connectivity index (χ0v) is 18.2. The molecule has 158 valence electrons. The number of hydrogen-bond acceptors (Lipinski definition) is 5. The van der Waals surface area contributed by atoms with Gasteiger partial charge in [0, 0.05) is 19.1 Å². The van der Waals surface area contributed by atoms with Gasteiger partial charge in [-0.2, -0.15) is 0 Å². The lowest BCUT2D eigenvalue weighted by Crippen LogP contribution is -2.44. The summed E-state index contributed by atoms with van der Waals surface area (Å²) in [6.45, 7) is 8.52. The van der Waals surface area contributed by atoms with Crippen molar-refractivity contribution in [2.24, 2.45) is 5.73 Å². The van der Waals surface area contributed by atoms with Gasteiger partial charge in [0.25, 0.3) is 5.56 Å². The van der Waals surface area contributed by atoms with Crippen LogP contribution < -0.4 is 11.3 Å². The van der Waals surface area contributed by atoms with Crippen LogP contribution in [0.4, 0.5) is 4.79 Å². The van der Waals surface area contributed by atoms with Crippen LogP contribution in [0, 0.1) is 0 Å². The smallest absolute Gasteiger partial charge is 0.410 e. The third-order valence-electron chi connectivity index (χ3n) is 5.16. The standard InChI is InChI=1S/C21H29ClN4O3/c1-5-15(23)18-24-16-8-6-7-14(22)17(16)19(27)26(18)13-9-11-25(12-10-13)20(28)29-21(2,3)4/h6-8,13,15H,5,9-12,23H2,1-4H3/t15-/m0/s1. The maximum absolute atomic E-state index is 13.4. The fourth-order valence-corrected chi connectivity index (χ4v) is 3.90. The molecule has 0 spiro atoms. The maximum atomic E-state index is 13.4. The van der Waals surface area contributed by atoms with Gasteiger partial charge in [0.1, 0.15) is 11.4 Å². The molecular weight excluding hydrogens is 392 g/mol. The van der Waals surface area contributed by atoms with E-state index in [1.807, 2.05) is 27.7 Å². The van der Waals surface area contributed by atoms with Crippen LogP contribution >= 0.6 is 11.6 Å². The summed E-state index contributed by atoms with van der Waals surface area (Å²) in [5.74, 6) is 0.572. The third-order valence-corrected chi connectivity index (χ3v) is 5.47. The van der Waals surface area contributed by atoms with Crippen LogP contribution in [0.5, 0.6) is 0 Å². The molecule has 0 saturated carbocycles. The van der Waals surface area contributed by atoms with E-state index in [1.54, 1.807) is 27.7 Å². The van der Waals surface area contributed by atoms with E-state index in [2.05, 4.69) is 0 Å². The number of carbonyl (C=O) groups is 1. The number of piperidine rings is 1. The summed E-state index contributed by atoms with van der Waals surface area (Å²) < 4.78 is 7.17. The van der Waals surface area contributed by atoms with Gasteiger partial charge in [-0.25, -0.2) is 9.78 Å². The number of hydrogen-bond donors (Lipinski definition) is 1. The number of nitrogens with zero attached hydrogens (tertiary/aromatic N) is 3. The fraction of sp³-hybridized carbons (Fsp3) is 0.571. The Labute approximate surface area is 175 Å². The van der Waals surface area contributed by atoms with E-state index in [0.717, 1.165) is 0 Å². The number of carbonyl (C=O) groups excluding carboxylic acids is 1. The molecule has 0 unspecified atom stereocenters. The second kappa shape index (κ2) is 8.32. The number of ether oxygens (including phenoxy) is 1. The van der Waals surface area contributed by atoms with Gasteiger partial charge in [-0.1, -0.05) is 24.6 Å². The summed E-state index contributed by atoms with van der Waals surface area (Å²) in [4.78, 5) is 32.1. The molecular formula is C21H29ClN4O3. The lowest BCUT2D eigenvalue weighted by atomic mass is 10.0. The Kier molecular flexibility index (Phi) is 6.19. The molecule has 3 rings (SSSR count).